The minimum absolute atomic E-state index is 0.0634. The lowest BCUT2D eigenvalue weighted by Gasteiger charge is -2.36. The molecule has 1 aromatic rings. The fourth-order valence-corrected chi connectivity index (χ4v) is 4.28. The summed E-state index contributed by atoms with van der Waals surface area (Å²) in [7, 11) is 0. The van der Waals surface area contributed by atoms with Crippen LogP contribution in [0.25, 0.3) is 5.57 Å². The predicted octanol–water partition coefficient (Wildman–Crippen LogP) is 4.12. The molecule has 2 heteroatoms. The monoisotopic (exact) mass is 270 g/mol. The van der Waals surface area contributed by atoms with Crippen LogP contribution in [0, 0.1) is 11.3 Å². The second-order valence-electron chi connectivity index (χ2n) is 6.63. The summed E-state index contributed by atoms with van der Waals surface area (Å²) < 4.78 is 0. The second-order valence-corrected chi connectivity index (χ2v) is 6.63. The molecule has 0 aromatic heterocycles. The highest BCUT2D eigenvalue weighted by molar-refractivity contribution is 6.07. The molecule has 0 aliphatic heterocycles. The van der Waals surface area contributed by atoms with Crippen LogP contribution >= 0.6 is 0 Å². The number of benzene rings is 1. The van der Waals surface area contributed by atoms with Crippen molar-refractivity contribution in [3.8, 4) is 5.75 Å². The maximum atomic E-state index is 12.6. The molecule has 2 aliphatic rings. The zero-order valence-electron chi connectivity index (χ0n) is 12.5. The molecule has 2 atom stereocenters. The third-order valence-electron chi connectivity index (χ3n) is 4.99. The maximum Gasteiger partial charge on any atom is 0.161 e. The zero-order valence-corrected chi connectivity index (χ0v) is 12.5. The molecule has 20 heavy (non-hydrogen) atoms. The Bertz CT molecular complexity index is 612. The van der Waals surface area contributed by atoms with Gasteiger partial charge in [-0.1, -0.05) is 26.3 Å². The third-order valence-corrected chi connectivity index (χ3v) is 4.99. The lowest BCUT2D eigenvalue weighted by Crippen LogP contribution is -2.32. The van der Waals surface area contributed by atoms with Crippen LogP contribution < -0.4 is 0 Å². The number of carbonyl (C=O) groups excluding carboxylic acids is 1. The molecule has 0 spiro atoms. The van der Waals surface area contributed by atoms with Crippen LogP contribution in [-0.2, 0) is 11.2 Å². The van der Waals surface area contributed by atoms with Crippen LogP contribution in [-0.4, -0.2) is 10.9 Å². The molecule has 0 bridgehead atoms. The number of hydrogen-bond acceptors (Lipinski definition) is 2. The molecule has 0 radical (unpaired) electrons. The Morgan fingerprint density at radius 1 is 1.40 bits per heavy atom. The van der Waals surface area contributed by atoms with E-state index >= 15 is 0 Å². The van der Waals surface area contributed by atoms with E-state index in [0.717, 1.165) is 31.3 Å². The predicted molar refractivity (Wildman–Crippen MR) is 80.5 cm³/mol. The SMILES string of the molecule is CCCC1CC2(C)Cc3cc(O)ccc3C2=C(C)C1=O. The summed E-state index contributed by atoms with van der Waals surface area (Å²) >= 11 is 0. The summed E-state index contributed by atoms with van der Waals surface area (Å²) in [4.78, 5) is 12.6. The molecule has 3 rings (SSSR count). The molecule has 0 fully saturated rings. The fourth-order valence-electron chi connectivity index (χ4n) is 4.28. The number of carbonyl (C=O) groups is 1. The highest BCUT2D eigenvalue weighted by Gasteiger charge is 2.46. The van der Waals surface area contributed by atoms with Crippen molar-refractivity contribution >= 4 is 11.4 Å². The molecule has 0 heterocycles. The summed E-state index contributed by atoms with van der Waals surface area (Å²) in [5.41, 5.74) is 4.60. The first-order chi connectivity index (χ1) is 9.46. The number of phenolic OH excluding ortho intramolecular Hbond substituents is 1. The summed E-state index contributed by atoms with van der Waals surface area (Å²) in [5.74, 6) is 0.831. The van der Waals surface area contributed by atoms with E-state index in [1.165, 1.54) is 16.7 Å². The minimum Gasteiger partial charge on any atom is -0.508 e. The number of Topliss-reactive ketones (excluding diaryl/α,β-unsaturated/α-hetero) is 1. The zero-order chi connectivity index (χ0) is 14.5. The summed E-state index contributed by atoms with van der Waals surface area (Å²) in [6.07, 6.45) is 3.93. The van der Waals surface area contributed by atoms with Crippen LogP contribution in [0.1, 0.15) is 51.2 Å². The largest absolute Gasteiger partial charge is 0.508 e. The van der Waals surface area contributed by atoms with E-state index < -0.39 is 0 Å². The van der Waals surface area contributed by atoms with Gasteiger partial charge in [0.15, 0.2) is 5.78 Å². The van der Waals surface area contributed by atoms with Crippen molar-refractivity contribution in [3.63, 3.8) is 0 Å². The Morgan fingerprint density at radius 3 is 2.85 bits per heavy atom. The molecule has 0 saturated carbocycles. The Hall–Kier alpha value is -1.57. The lowest BCUT2D eigenvalue weighted by atomic mass is 9.66. The van der Waals surface area contributed by atoms with Gasteiger partial charge in [0.1, 0.15) is 5.75 Å². The lowest BCUT2D eigenvalue weighted by molar-refractivity contribution is -0.120. The van der Waals surface area contributed by atoms with Gasteiger partial charge in [-0.3, -0.25) is 4.79 Å². The number of ketones is 1. The molecule has 106 valence electrons. The van der Waals surface area contributed by atoms with Crippen molar-refractivity contribution in [2.24, 2.45) is 11.3 Å². The van der Waals surface area contributed by atoms with E-state index in [9.17, 15) is 9.90 Å². The first kappa shape index (κ1) is 13.4. The van der Waals surface area contributed by atoms with Gasteiger partial charge in [0.2, 0.25) is 0 Å². The maximum absolute atomic E-state index is 12.6. The molecular weight excluding hydrogens is 248 g/mol. The van der Waals surface area contributed by atoms with Gasteiger partial charge < -0.3 is 5.11 Å². The van der Waals surface area contributed by atoms with Crippen LogP contribution in [0.4, 0.5) is 0 Å². The van der Waals surface area contributed by atoms with Gasteiger partial charge in [0.25, 0.3) is 0 Å². The van der Waals surface area contributed by atoms with E-state index in [2.05, 4.69) is 13.8 Å². The Labute approximate surface area is 120 Å². The van der Waals surface area contributed by atoms with E-state index in [0.29, 0.717) is 11.5 Å². The Balaban J connectivity index is 2.13. The van der Waals surface area contributed by atoms with E-state index in [-0.39, 0.29) is 11.3 Å². The van der Waals surface area contributed by atoms with Gasteiger partial charge in [-0.05, 0) is 66.0 Å². The standard InChI is InChI=1S/C18H22O2/c1-4-5-12-9-18(3)10-13-8-14(19)6-7-15(13)16(18)11(2)17(12)20/h6-8,12,19H,4-5,9-10H2,1-3H3. The molecule has 2 nitrogen and oxygen atoms in total. The summed E-state index contributed by atoms with van der Waals surface area (Å²) in [6.45, 7) is 6.41. The topological polar surface area (TPSA) is 37.3 Å². The second kappa shape index (κ2) is 4.47. The highest BCUT2D eigenvalue weighted by atomic mass is 16.3. The van der Waals surface area contributed by atoms with E-state index in [1.807, 2.05) is 19.1 Å². The van der Waals surface area contributed by atoms with Crippen molar-refractivity contribution in [1.29, 1.82) is 0 Å². The summed E-state index contributed by atoms with van der Waals surface area (Å²) in [5, 5.41) is 9.69. The number of phenols is 1. The van der Waals surface area contributed by atoms with Crippen LogP contribution in [0.15, 0.2) is 23.8 Å². The fraction of sp³-hybridized carbons (Fsp3) is 0.500. The molecule has 1 N–H and O–H groups in total. The van der Waals surface area contributed by atoms with Crippen LogP contribution in [0.5, 0.6) is 5.75 Å². The first-order valence-corrected chi connectivity index (χ1v) is 7.54. The van der Waals surface area contributed by atoms with E-state index in [4.69, 9.17) is 0 Å². The molecule has 2 aliphatic carbocycles. The van der Waals surface area contributed by atoms with Gasteiger partial charge in [0, 0.05) is 5.92 Å². The van der Waals surface area contributed by atoms with Crippen molar-refractivity contribution < 1.29 is 9.90 Å². The van der Waals surface area contributed by atoms with Crippen molar-refractivity contribution in [1.82, 2.24) is 0 Å². The molecular formula is C18H22O2. The number of hydrogen-bond donors (Lipinski definition) is 1. The van der Waals surface area contributed by atoms with Gasteiger partial charge in [-0.2, -0.15) is 0 Å². The highest BCUT2D eigenvalue weighted by Crippen LogP contribution is 2.55. The van der Waals surface area contributed by atoms with Crippen LogP contribution in [0.3, 0.4) is 0 Å². The van der Waals surface area contributed by atoms with Gasteiger partial charge in [-0.15, -0.1) is 0 Å². The molecule has 0 saturated heterocycles. The van der Waals surface area contributed by atoms with Gasteiger partial charge in [-0.25, -0.2) is 0 Å². The minimum atomic E-state index is 0.0634. The number of fused-ring (bicyclic) bond motifs is 3. The Morgan fingerprint density at radius 2 is 2.15 bits per heavy atom. The number of allylic oxidation sites excluding steroid dienone is 2. The molecule has 1 aromatic carbocycles. The molecule has 0 amide bonds. The van der Waals surface area contributed by atoms with Crippen molar-refractivity contribution in [2.45, 2.75) is 46.5 Å². The average molecular weight is 270 g/mol. The van der Waals surface area contributed by atoms with Crippen molar-refractivity contribution in [2.75, 3.05) is 0 Å². The van der Waals surface area contributed by atoms with Gasteiger partial charge in [0.05, 0.1) is 0 Å². The van der Waals surface area contributed by atoms with Crippen molar-refractivity contribution in [3.05, 3.63) is 34.9 Å². The average Bonchev–Trinajstić information content (AvgIpc) is 2.67. The smallest absolute Gasteiger partial charge is 0.161 e. The Kier molecular flexibility index (Phi) is 3.00. The number of aromatic hydroxyl groups is 1. The third kappa shape index (κ3) is 1.81. The quantitative estimate of drug-likeness (QED) is 0.877. The van der Waals surface area contributed by atoms with Gasteiger partial charge >= 0.3 is 0 Å². The van der Waals surface area contributed by atoms with E-state index in [1.54, 1.807) is 6.07 Å². The molecule has 2 unspecified atom stereocenters. The number of rotatable bonds is 2. The first-order valence-electron chi connectivity index (χ1n) is 7.54. The summed E-state index contributed by atoms with van der Waals surface area (Å²) in [6, 6.07) is 5.56. The normalized spacial score (nSPS) is 28.6. The van der Waals surface area contributed by atoms with Crippen LogP contribution in [0.2, 0.25) is 0 Å².